The number of carbonyl (C=O) groups is 4. The van der Waals surface area contributed by atoms with E-state index in [0.29, 0.717) is 35.7 Å². The molecule has 0 saturated carbocycles. The summed E-state index contributed by atoms with van der Waals surface area (Å²) in [7, 11) is 6.52. The molecule has 0 radical (unpaired) electrons. The van der Waals surface area contributed by atoms with Crippen LogP contribution < -0.4 is 38.5 Å². The Balaban J connectivity index is 1.14. The average molecular weight is 787 g/mol. The Morgan fingerprint density at radius 3 is 1.25 bits per heavy atom. The van der Waals surface area contributed by atoms with Crippen molar-refractivity contribution in [1.29, 1.82) is 0 Å². The lowest BCUT2D eigenvalue weighted by molar-refractivity contribution is -0.126. The summed E-state index contributed by atoms with van der Waals surface area (Å²) < 4.78 is 14.1. The molecule has 13 heteroatoms. The van der Waals surface area contributed by atoms with E-state index < -0.39 is 12.1 Å². The Kier molecular flexibility index (Phi) is 13.3. The highest BCUT2D eigenvalue weighted by Gasteiger charge is 2.33. The number of amides is 4. The van der Waals surface area contributed by atoms with Crippen molar-refractivity contribution in [2.75, 3.05) is 59.8 Å². The number of hydrogen-bond acceptors (Lipinski definition) is 9. The smallest absolute Gasteiger partial charge is 0.249 e. The van der Waals surface area contributed by atoms with Gasteiger partial charge in [0.1, 0.15) is 36.7 Å². The van der Waals surface area contributed by atoms with Gasteiger partial charge in [-0.25, -0.2) is 0 Å². The number of likely N-dealkylation sites (N-methyl/N-ethyl adjacent to an activating group) is 2. The monoisotopic (exact) mass is 786 g/mol. The standard InChI is InChI=1S/C44H46N6O6S/c1-47(33-19-23-35(55-3)24-20-33)43(53)37(27-31-13-7-5-8-14-31)45-41(51)29-49-39-17-11-12-18-40(39)50(57-49)30-42(52)46-38(28-32-15-9-6-10-16-32)44(54)48(2)34-21-25-36(56-4)26-22-34/h5-26,37-38H,27-30H2,1-4H3,(H,45,51)(H,46,52)/t37-,38-/m0/s1. The van der Waals surface area contributed by atoms with E-state index in [-0.39, 0.29) is 36.7 Å². The summed E-state index contributed by atoms with van der Waals surface area (Å²) in [6, 6.07) is 39.1. The maximum absolute atomic E-state index is 13.9. The lowest BCUT2D eigenvalue weighted by atomic mass is 10.0. The van der Waals surface area contributed by atoms with Crippen LogP contribution in [0.15, 0.2) is 133 Å². The Labute approximate surface area is 337 Å². The van der Waals surface area contributed by atoms with Crippen LogP contribution in [0.3, 0.4) is 0 Å². The molecule has 294 valence electrons. The van der Waals surface area contributed by atoms with Gasteiger partial charge >= 0.3 is 0 Å². The summed E-state index contributed by atoms with van der Waals surface area (Å²) >= 11 is 1.22. The van der Waals surface area contributed by atoms with Gasteiger partial charge in [-0.1, -0.05) is 72.8 Å². The summed E-state index contributed by atoms with van der Waals surface area (Å²) in [4.78, 5) is 58.5. The molecule has 0 fully saturated rings. The number of rotatable bonds is 16. The van der Waals surface area contributed by atoms with Gasteiger partial charge < -0.3 is 29.9 Å². The number of hydrogen-bond donors (Lipinski definition) is 2. The van der Waals surface area contributed by atoms with Crippen molar-refractivity contribution in [3.63, 3.8) is 0 Å². The molecule has 5 aromatic carbocycles. The van der Waals surface area contributed by atoms with E-state index in [9.17, 15) is 19.2 Å². The van der Waals surface area contributed by atoms with Crippen LogP contribution in [0.2, 0.25) is 0 Å². The van der Waals surface area contributed by atoms with Gasteiger partial charge in [-0.3, -0.25) is 27.8 Å². The highest BCUT2D eigenvalue weighted by atomic mass is 32.2. The molecule has 57 heavy (non-hydrogen) atoms. The molecule has 1 heterocycles. The number of ether oxygens (including phenoxy) is 2. The van der Waals surface area contributed by atoms with Crippen molar-refractivity contribution in [3.8, 4) is 11.5 Å². The maximum Gasteiger partial charge on any atom is 0.249 e. The van der Waals surface area contributed by atoms with Crippen molar-refractivity contribution in [3.05, 3.63) is 145 Å². The Bertz CT molecular complexity index is 1990. The maximum atomic E-state index is 13.9. The third-order valence-electron chi connectivity index (χ3n) is 9.60. The number of fused-ring (bicyclic) bond motifs is 1. The predicted molar refractivity (Wildman–Crippen MR) is 226 cm³/mol. The second kappa shape index (κ2) is 18.9. The Morgan fingerprint density at radius 2 is 0.895 bits per heavy atom. The Hall–Kier alpha value is -6.47. The summed E-state index contributed by atoms with van der Waals surface area (Å²) in [6.45, 7) is -0.182. The van der Waals surface area contributed by atoms with Crippen molar-refractivity contribution >= 4 is 58.5 Å². The van der Waals surface area contributed by atoms with Crippen LogP contribution in [0.4, 0.5) is 22.7 Å². The minimum Gasteiger partial charge on any atom is -0.497 e. The summed E-state index contributed by atoms with van der Waals surface area (Å²) in [6.07, 6.45) is 0.580. The van der Waals surface area contributed by atoms with Crippen molar-refractivity contribution < 1.29 is 28.7 Å². The molecule has 1 aliphatic heterocycles. The average Bonchev–Trinajstić information content (AvgIpc) is 3.58. The topological polar surface area (TPSA) is 124 Å². The van der Waals surface area contributed by atoms with Crippen LogP contribution in [-0.4, -0.2) is 77.1 Å². The van der Waals surface area contributed by atoms with Gasteiger partial charge in [0.25, 0.3) is 0 Å². The molecule has 2 N–H and O–H groups in total. The Morgan fingerprint density at radius 1 is 0.544 bits per heavy atom. The van der Waals surface area contributed by atoms with Crippen LogP contribution >= 0.6 is 12.1 Å². The second-order valence-corrected chi connectivity index (χ2v) is 14.5. The van der Waals surface area contributed by atoms with Gasteiger partial charge in [-0.05, 0) is 71.8 Å². The molecule has 0 unspecified atom stereocenters. The second-order valence-electron chi connectivity index (χ2n) is 13.5. The zero-order valence-corrected chi connectivity index (χ0v) is 33.1. The predicted octanol–water partition coefficient (Wildman–Crippen LogP) is 5.67. The fourth-order valence-corrected chi connectivity index (χ4v) is 7.57. The normalized spacial score (nSPS) is 12.8. The first-order chi connectivity index (χ1) is 27.6. The number of benzene rings is 5. The molecular formula is C44H46N6O6S. The first kappa shape index (κ1) is 40.2. The first-order valence-electron chi connectivity index (χ1n) is 18.5. The van der Waals surface area contributed by atoms with Crippen molar-refractivity contribution in [2.45, 2.75) is 24.9 Å². The number of nitrogens with zero attached hydrogens (tertiary/aromatic N) is 4. The molecule has 4 amide bonds. The fraction of sp³-hybridized carbons (Fsp3) is 0.227. The molecule has 0 spiro atoms. The van der Waals surface area contributed by atoms with E-state index in [1.54, 1.807) is 85.5 Å². The van der Waals surface area contributed by atoms with Gasteiger partial charge in [0.2, 0.25) is 23.6 Å². The van der Waals surface area contributed by atoms with E-state index in [0.717, 1.165) is 22.5 Å². The van der Waals surface area contributed by atoms with Crippen LogP contribution in [-0.2, 0) is 32.0 Å². The van der Waals surface area contributed by atoms with Gasteiger partial charge in [0.05, 0.1) is 37.7 Å². The third kappa shape index (κ3) is 10.2. The molecule has 1 aliphatic rings. The molecular weight excluding hydrogens is 741 g/mol. The lowest BCUT2D eigenvalue weighted by Crippen LogP contribution is -2.51. The van der Waals surface area contributed by atoms with Crippen molar-refractivity contribution in [1.82, 2.24) is 10.6 Å². The minimum absolute atomic E-state index is 0.0909. The van der Waals surface area contributed by atoms with E-state index in [2.05, 4.69) is 10.6 Å². The zero-order valence-electron chi connectivity index (χ0n) is 32.3. The molecule has 6 rings (SSSR count). The van der Waals surface area contributed by atoms with E-state index >= 15 is 0 Å². The quantitative estimate of drug-likeness (QED) is 0.122. The fourth-order valence-electron chi connectivity index (χ4n) is 6.50. The summed E-state index contributed by atoms with van der Waals surface area (Å²) in [5, 5.41) is 5.97. The van der Waals surface area contributed by atoms with Crippen molar-refractivity contribution in [2.24, 2.45) is 0 Å². The first-order valence-corrected chi connectivity index (χ1v) is 19.2. The van der Waals surface area contributed by atoms with Crippen LogP contribution in [0.5, 0.6) is 11.5 Å². The van der Waals surface area contributed by atoms with Gasteiger partial charge in [-0.15, -0.1) is 0 Å². The van der Waals surface area contributed by atoms with Gasteiger partial charge in [-0.2, -0.15) is 0 Å². The molecule has 0 bridgehead atoms. The number of methoxy groups -OCH3 is 2. The van der Waals surface area contributed by atoms with E-state index in [1.165, 1.54) is 21.9 Å². The van der Waals surface area contributed by atoms with Gasteiger partial charge in [0, 0.05) is 38.3 Å². The lowest BCUT2D eigenvalue weighted by Gasteiger charge is -2.26. The molecule has 0 aromatic heterocycles. The molecule has 0 aliphatic carbocycles. The number of nitrogens with one attached hydrogen (secondary N) is 2. The summed E-state index contributed by atoms with van der Waals surface area (Å²) in [5.41, 5.74) is 4.59. The highest BCUT2D eigenvalue weighted by molar-refractivity contribution is 8.02. The van der Waals surface area contributed by atoms with Crippen LogP contribution in [0, 0.1) is 0 Å². The SMILES string of the molecule is COc1ccc(N(C)C(=O)[C@H](Cc2ccccc2)NC(=O)CN2SN(CC(=O)N[C@@H](Cc3ccccc3)C(=O)N(C)c3ccc(OC)cc3)c3ccccc32)cc1. The molecule has 12 nitrogen and oxygen atoms in total. The summed E-state index contributed by atoms with van der Waals surface area (Å²) in [5.74, 6) is 0.0555. The molecule has 5 aromatic rings. The van der Waals surface area contributed by atoms with Crippen LogP contribution in [0.25, 0.3) is 0 Å². The largest absolute Gasteiger partial charge is 0.497 e. The van der Waals surface area contributed by atoms with E-state index in [4.69, 9.17) is 9.47 Å². The molecule has 2 atom stereocenters. The minimum atomic E-state index is -0.855. The van der Waals surface area contributed by atoms with E-state index in [1.807, 2.05) is 84.9 Å². The number of anilines is 4. The number of carbonyl (C=O) groups excluding carboxylic acids is 4. The van der Waals surface area contributed by atoms with Crippen LogP contribution in [0.1, 0.15) is 11.1 Å². The van der Waals surface area contributed by atoms with Gasteiger partial charge in [0.15, 0.2) is 0 Å². The zero-order chi connectivity index (χ0) is 40.3. The highest BCUT2D eigenvalue weighted by Crippen LogP contribution is 2.44. The molecule has 0 saturated heterocycles. The third-order valence-corrected chi connectivity index (χ3v) is 10.6. The number of para-hydroxylation sites is 2.